The van der Waals surface area contributed by atoms with E-state index in [-0.39, 0.29) is 144 Å². The molecule has 6 aromatic rings. The molecule has 131 heavy (non-hydrogen) atoms. The molecule has 9 heterocycles. The Morgan fingerprint density at radius 2 is 0.756 bits per heavy atom. The number of carbonyl (C=O) groups is 6. The molecule has 3 aromatic carbocycles. The molecule has 3 N–H and O–H groups in total. The number of alkyl halides is 6. The monoisotopic (exact) mass is 1940 g/mol. The number of hydrogen-bond acceptors (Lipinski definition) is 21. The smallest absolute Gasteiger partial charge is 0.408 e. The third-order valence-corrected chi connectivity index (χ3v) is 27.9. The quantitative estimate of drug-likeness (QED) is 0.0820. The summed E-state index contributed by atoms with van der Waals surface area (Å²) in [6, 6.07) is 14.2. The Labute approximate surface area is 797 Å². The predicted octanol–water partition coefficient (Wildman–Crippen LogP) is 16.4. The van der Waals surface area contributed by atoms with E-state index in [2.05, 4.69) is 45.9 Å². The number of nitrogens with one attached hydrogen (secondary N) is 3. The maximum absolute atomic E-state index is 16.0. The van der Waals surface area contributed by atoms with Gasteiger partial charge in [0.05, 0.1) is 52.7 Å². The first kappa shape index (κ1) is 103. The number of aromatic nitrogens is 6. The summed E-state index contributed by atoms with van der Waals surface area (Å²) >= 11 is 0. The SMILES string of the molecule is CC[C@@H]1[C@@H]2CN(C(=O)[C@H](C(C)(C)C)NC(=O)O[C@@H]3CC4CC4[C@H]3CCCCC(F)(F)c3nc4ccccc4nc3O2)[C@@H]1[C-]=O.CC[C@@H]1[C@@H]2CN(C(=O)[C@H](C(C)(C)C)NC(=O)O[C@]3(C)CCC[C@H]3CCCCC(F)(F)c3nc4ccccc4nc3O2)[C@@H]1[C-]=O.C[C@@H]1[C@@H]2CN(C(=O)[C@H](C(C)(C)C)NC(=O)O[C@@H]3C[C@H]3CCCCC(F)(F)c3nc4ccccc4nc3O2)[C@@H]1[C-]=O.[HH].[V].[V].[V]. The zero-order valence-electron chi connectivity index (χ0n) is 76.4. The molecule has 6 aliphatic heterocycles. The molecule has 27 nitrogen and oxygen atoms in total. The van der Waals surface area contributed by atoms with Crippen molar-refractivity contribution in [1.29, 1.82) is 0 Å². The molecular weight excluding hydrogens is 1820 g/mol. The molecule has 20 atom stereocenters. The molecule has 6 amide bonds. The second kappa shape index (κ2) is 41.5. The van der Waals surface area contributed by atoms with Gasteiger partial charge in [-0.3, -0.25) is 14.4 Å². The van der Waals surface area contributed by atoms with Gasteiger partial charge in [0.15, 0.2) is 17.1 Å². The van der Waals surface area contributed by atoms with Crippen molar-refractivity contribution in [2.75, 3.05) is 19.6 Å². The van der Waals surface area contributed by atoms with Crippen molar-refractivity contribution in [2.45, 2.75) is 309 Å². The van der Waals surface area contributed by atoms with E-state index >= 15 is 26.3 Å². The molecule has 4 aliphatic carbocycles. The number of fused-ring (bicyclic) bond motifs is 17. The Morgan fingerprint density at radius 3 is 1.15 bits per heavy atom. The summed E-state index contributed by atoms with van der Waals surface area (Å²) in [5.41, 5.74) is -2.39. The summed E-state index contributed by atoms with van der Waals surface area (Å²) in [6.07, 6.45) is 9.26. The number of ether oxygens (including phenoxy) is 6. The summed E-state index contributed by atoms with van der Waals surface area (Å²) in [6.45, 7) is 23.4. The van der Waals surface area contributed by atoms with Crippen LogP contribution in [0.3, 0.4) is 0 Å². The first-order valence-electron chi connectivity index (χ1n) is 45.5. The van der Waals surface area contributed by atoms with Crippen LogP contribution in [-0.4, -0.2) is 191 Å². The maximum Gasteiger partial charge on any atom is 0.408 e. The van der Waals surface area contributed by atoms with E-state index in [0.29, 0.717) is 109 Å². The van der Waals surface area contributed by atoms with Crippen LogP contribution in [-0.2, 0) is 116 Å². The molecule has 36 heteroatoms. The Bertz CT molecular complexity index is 5040. The summed E-state index contributed by atoms with van der Waals surface area (Å²) in [7, 11) is 0. The van der Waals surface area contributed by atoms with E-state index in [4.69, 9.17) is 28.4 Å². The Balaban J connectivity index is 0.000000203. The summed E-state index contributed by atoms with van der Waals surface area (Å²) in [5.74, 6) is -12.9. The standard InChI is InChI=1S/C33H41F2N4O5.C33H43F2N4O5.C29H35F2N4O5.3V.H2/c1-5-19-24(17-40)39-16-26(19)43-29-27(36-22-11-6-7-12-23(22)37-29)33(34,35)13-9-8-10-20-21-14-18(21)15-25(20)44-31(42)38-28(30(39)41)32(2,3)4;1-6-21-24(19-40)39-18-25(21)43-28-26(36-22-14-7-8-15-23(22)37-28)33(34,35)17-10-9-12-20-13-11-16-32(20,5)44-30(42)38-27(29(39)41)31(2,3)4;1-16-20(15-36)35-14-22(16)39-25-23(32-18-10-5-6-11-19(18)33-25)29(30,31)12-8-7-9-17-13-21(17)40-27(38)34-24(26(35)37)28(2,3)4;;;;/h6-7,11-12,18-21,24-26,28H,5,8-10,13-16H2,1-4H3,(H,38,42);7-8,14-15,20-21,24-25,27H,6,9-13,16-18H2,1-5H3,(H,38,42);5-6,10-11,16-17,20-22,24H,7-9,12-14H2,1-4H3,(H,34,38);;;;1H/q3*-1;;;;/t18?,19-,20+,21?,24+,25+,26-,28+;20-,21+,24-,25+,27-,32-;16-,17+,20+,21+,22-,24+;;;;/m010..../s1. The number of benzene rings is 3. The van der Waals surface area contributed by atoms with E-state index in [1.54, 1.807) is 100 Å². The molecule has 711 valence electrons. The van der Waals surface area contributed by atoms with Crippen LogP contribution in [0.25, 0.3) is 33.1 Å². The largest absolute Gasteiger partial charge is 0.540 e. The van der Waals surface area contributed by atoms with Crippen LogP contribution in [0.1, 0.15) is 237 Å². The van der Waals surface area contributed by atoms with Crippen molar-refractivity contribution < 1.29 is 155 Å². The first-order valence-corrected chi connectivity index (χ1v) is 45.5. The van der Waals surface area contributed by atoms with Gasteiger partial charge in [0.25, 0.3) is 17.8 Å². The number of hydrogen-bond donors (Lipinski definition) is 3. The zero-order valence-corrected chi connectivity index (χ0v) is 80.6. The minimum absolute atomic E-state index is 0. The molecule has 3 aromatic heterocycles. The average Bonchev–Trinajstić information content (AvgIpc) is 1.61. The maximum atomic E-state index is 16.0. The molecule has 7 fully saturated rings. The fourth-order valence-electron chi connectivity index (χ4n) is 20.3. The Hall–Kier alpha value is -8.36. The molecule has 10 aliphatic rings. The van der Waals surface area contributed by atoms with Crippen LogP contribution in [0.15, 0.2) is 72.8 Å². The molecular formula is C95H121F6N12O15V3-3. The minimum atomic E-state index is -3.34. The van der Waals surface area contributed by atoms with E-state index in [9.17, 15) is 43.2 Å². The first-order chi connectivity index (χ1) is 60.6. The number of carbonyl (C=O) groups excluding carboxylic acids is 9. The third-order valence-electron chi connectivity index (χ3n) is 27.9. The number of para-hydroxylation sites is 6. The third kappa shape index (κ3) is 22.8. The van der Waals surface area contributed by atoms with E-state index in [0.717, 1.165) is 25.7 Å². The van der Waals surface area contributed by atoms with Crippen molar-refractivity contribution in [3.05, 3.63) is 89.9 Å². The van der Waals surface area contributed by atoms with Gasteiger partial charge in [0.2, 0.25) is 35.4 Å². The van der Waals surface area contributed by atoms with Gasteiger partial charge in [-0.1, -0.05) is 170 Å². The van der Waals surface area contributed by atoms with Crippen molar-refractivity contribution in [2.24, 2.45) is 63.6 Å². The van der Waals surface area contributed by atoms with E-state index in [1.807, 2.05) is 81.2 Å². The summed E-state index contributed by atoms with van der Waals surface area (Å²) < 4.78 is 131. The fourth-order valence-corrected chi connectivity index (χ4v) is 20.3. The number of rotatable bonds is 5. The zero-order chi connectivity index (χ0) is 92.1. The fraction of sp³-hybridized carbons (Fsp3) is 0.653. The van der Waals surface area contributed by atoms with Crippen molar-refractivity contribution >= 4 is 88.0 Å². The van der Waals surface area contributed by atoms with Gasteiger partial charge in [-0.25, -0.2) is 63.1 Å². The van der Waals surface area contributed by atoms with Crippen LogP contribution in [0, 0.1) is 63.6 Å². The predicted molar refractivity (Wildman–Crippen MR) is 461 cm³/mol. The molecule has 0 spiro atoms. The van der Waals surface area contributed by atoms with Gasteiger partial charge in [-0.05, 0) is 184 Å². The molecule has 3 radical (unpaired) electrons. The molecule has 3 saturated heterocycles. The van der Waals surface area contributed by atoms with Crippen molar-refractivity contribution in [3.8, 4) is 17.6 Å². The molecule has 6 bridgehead atoms. The van der Waals surface area contributed by atoms with Gasteiger partial charge in [-0.2, -0.15) is 26.3 Å². The van der Waals surface area contributed by atoms with Crippen LogP contribution in [0.2, 0.25) is 0 Å². The van der Waals surface area contributed by atoms with Crippen LogP contribution < -0.4 is 30.2 Å². The number of nitrogens with zero attached hydrogens (tertiary/aromatic N) is 9. The second-order valence-electron chi connectivity index (χ2n) is 40.1. The van der Waals surface area contributed by atoms with Crippen LogP contribution in [0.5, 0.6) is 17.6 Å². The van der Waals surface area contributed by atoms with Gasteiger partial charge in [0.1, 0.15) is 54.2 Å². The van der Waals surface area contributed by atoms with Crippen molar-refractivity contribution in [1.82, 2.24) is 60.6 Å². The number of amides is 6. The minimum Gasteiger partial charge on any atom is -0.540 e. The normalized spacial score (nSPS) is 31.5. The number of halogens is 6. The van der Waals surface area contributed by atoms with Crippen LogP contribution in [0.4, 0.5) is 40.7 Å². The number of alkyl carbamates (subject to hydrolysis) is 3. The van der Waals surface area contributed by atoms with Crippen molar-refractivity contribution in [3.63, 3.8) is 0 Å². The van der Waals surface area contributed by atoms with Gasteiger partial charge >= 0.3 is 18.3 Å². The van der Waals surface area contributed by atoms with Crippen LogP contribution >= 0.6 is 0 Å². The average molecular weight is 1940 g/mol. The van der Waals surface area contributed by atoms with E-state index in [1.165, 1.54) is 14.7 Å². The molecule has 16 rings (SSSR count). The summed E-state index contributed by atoms with van der Waals surface area (Å²) in [5, 5.41) is 8.34. The van der Waals surface area contributed by atoms with E-state index < -0.39 is 184 Å². The molecule has 4 saturated carbocycles. The Morgan fingerprint density at radius 1 is 0.412 bits per heavy atom. The van der Waals surface area contributed by atoms with Gasteiger partial charge in [0, 0.05) is 76.4 Å². The topological polar surface area (TPSA) is 332 Å². The Kier molecular flexibility index (Phi) is 32.6. The molecule has 2 unspecified atom stereocenters. The second-order valence-corrected chi connectivity index (χ2v) is 40.1. The summed E-state index contributed by atoms with van der Waals surface area (Å²) in [4.78, 5) is 148. The van der Waals surface area contributed by atoms with Gasteiger partial charge < -0.3 is 73.5 Å². The van der Waals surface area contributed by atoms with Gasteiger partial charge in [-0.15, -0.1) is 0 Å².